The molecule has 1 aromatic rings. The average Bonchev–Trinajstić information content (AvgIpc) is 2.17. The van der Waals surface area contributed by atoms with Crippen LogP contribution in [0.5, 0.6) is 0 Å². The second-order valence-electron chi connectivity index (χ2n) is 5.64. The van der Waals surface area contributed by atoms with Gasteiger partial charge in [0.05, 0.1) is 5.02 Å². The first-order chi connectivity index (χ1) is 7.71. The molecule has 3 heteroatoms. The van der Waals surface area contributed by atoms with E-state index in [0.717, 1.165) is 12.1 Å². The Labute approximate surface area is 109 Å². The molecule has 96 valence electrons. The van der Waals surface area contributed by atoms with E-state index in [2.05, 4.69) is 39.5 Å². The van der Waals surface area contributed by atoms with Crippen molar-refractivity contribution in [2.75, 3.05) is 0 Å². The molecule has 0 fully saturated rings. The van der Waals surface area contributed by atoms with E-state index in [1.165, 1.54) is 6.07 Å². The van der Waals surface area contributed by atoms with Crippen molar-refractivity contribution in [1.82, 2.24) is 4.90 Å². The largest absolute Gasteiger partial charge is 0.292 e. The van der Waals surface area contributed by atoms with Gasteiger partial charge in [-0.25, -0.2) is 4.39 Å². The van der Waals surface area contributed by atoms with Crippen LogP contribution in [0.3, 0.4) is 0 Å². The van der Waals surface area contributed by atoms with E-state index in [1.54, 1.807) is 12.1 Å². The summed E-state index contributed by atoms with van der Waals surface area (Å²) >= 11 is 5.80. The van der Waals surface area contributed by atoms with Crippen LogP contribution in [0.2, 0.25) is 5.02 Å². The third kappa shape index (κ3) is 3.97. The number of benzene rings is 1. The van der Waals surface area contributed by atoms with E-state index < -0.39 is 0 Å². The van der Waals surface area contributed by atoms with Gasteiger partial charge in [-0.2, -0.15) is 0 Å². The maximum Gasteiger partial charge on any atom is 0.141 e. The lowest BCUT2D eigenvalue weighted by Gasteiger charge is -2.39. The third-order valence-electron chi connectivity index (χ3n) is 2.82. The van der Waals surface area contributed by atoms with Crippen molar-refractivity contribution in [3.05, 3.63) is 34.6 Å². The fourth-order valence-electron chi connectivity index (χ4n) is 2.03. The molecule has 1 nitrogen and oxygen atoms in total. The highest BCUT2D eigenvalue weighted by Crippen LogP contribution is 2.23. The Morgan fingerprint density at radius 2 is 1.88 bits per heavy atom. The van der Waals surface area contributed by atoms with Gasteiger partial charge in [-0.3, -0.25) is 4.90 Å². The molecule has 0 bridgehead atoms. The Morgan fingerprint density at radius 1 is 1.29 bits per heavy atom. The van der Waals surface area contributed by atoms with Gasteiger partial charge in [0.1, 0.15) is 5.82 Å². The first-order valence-corrected chi connectivity index (χ1v) is 6.30. The van der Waals surface area contributed by atoms with Crippen molar-refractivity contribution in [2.24, 2.45) is 0 Å². The first-order valence-electron chi connectivity index (χ1n) is 5.92. The van der Waals surface area contributed by atoms with Crippen LogP contribution in [-0.4, -0.2) is 16.5 Å². The van der Waals surface area contributed by atoms with Crippen LogP contribution in [0.4, 0.5) is 4.39 Å². The molecule has 0 aliphatic heterocycles. The minimum absolute atomic E-state index is 0.0784. The highest BCUT2D eigenvalue weighted by atomic mass is 35.5. The summed E-state index contributed by atoms with van der Waals surface area (Å²) in [4.78, 5) is 2.36. The summed E-state index contributed by atoms with van der Waals surface area (Å²) in [5, 5.41) is 0.195. The number of nitrogens with zero attached hydrogens (tertiary/aromatic N) is 1. The summed E-state index contributed by atoms with van der Waals surface area (Å²) < 4.78 is 13.1. The lowest BCUT2D eigenvalue weighted by atomic mass is 10.0. The molecule has 0 radical (unpaired) electrons. The topological polar surface area (TPSA) is 3.24 Å². The summed E-state index contributed by atoms with van der Waals surface area (Å²) in [6.45, 7) is 11.6. The van der Waals surface area contributed by atoms with Gasteiger partial charge in [0.15, 0.2) is 0 Å². The molecule has 0 aliphatic carbocycles. The van der Waals surface area contributed by atoms with Gasteiger partial charge in [0, 0.05) is 18.1 Å². The van der Waals surface area contributed by atoms with E-state index in [-0.39, 0.29) is 16.4 Å². The summed E-state index contributed by atoms with van der Waals surface area (Å²) in [5.41, 5.74) is 1.12. The third-order valence-corrected chi connectivity index (χ3v) is 3.11. The molecule has 17 heavy (non-hydrogen) atoms. The van der Waals surface area contributed by atoms with E-state index in [4.69, 9.17) is 11.6 Å². The van der Waals surface area contributed by atoms with Crippen molar-refractivity contribution in [2.45, 2.75) is 52.7 Å². The maximum absolute atomic E-state index is 13.1. The number of rotatable bonds is 3. The van der Waals surface area contributed by atoms with Crippen molar-refractivity contribution >= 4 is 11.6 Å². The lowest BCUT2D eigenvalue weighted by molar-refractivity contribution is 0.0901. The number of hydrogen-bond acceptors (Lipinski definition) is 1. The summed E-state index contributed by atoms with van der Waals surface area (Å²) in [6.07, 6.45) is 0. The molecule has 0 amide bonds. The minimum atomic E-state index is -0.359. The molecular formula is C14H21ClFN. The highest BCUT2D eigenvalue weighted by Gasteiger charge is 2.23. The van der Waals surface area contributed by atoms with Crippen LogP contribution < -0.4 is 0 Å². The van der Waals surface area contributed by atoms with Crippen LogP contribution in [0.15, 0.2) is 18.2 Å². The molecule has 0 saturated carbocycles. The quantitative estimate of drug-likeness (QED) is 0.771. The molecule has 0 saturated heterocycles. The predicted octanol–water partition coefficient (Wildman–Crippen LogP) is 4.49. The Balaban J connectivity index is 2.91. The lowest BCUT2D eigenvalue weighted by Crippen LogP contribution is -2.45. The molecule has 1 aromatic carbocycles. The van der Waals surface area contributed by atoms with Crippen LogP contribution in [-0.2, 0) is 6.54 Å². The fraction of sp³-hybridized carbons (Fsp3) is 0.571. The zero-order chi connectivity index (χ0) is 13.2. The van der Waals surface area contributed by atoms with Gasteiger partial charge >= 0.3 is 0 Å². The summed E-state index contributed by atoms with van der Waals surface area (Å²) in [6, 6.07) is 5.36. The van der Waals surface area contributed by atoms with E-state index in [1.807, 2.05) is 0 Å². The molecule has 0 aromatic heterocycles. The van der Waals surface area contributed by atoms with Gasteiger partial charge < -0.3 is 0 Å². The SMILES string of the molecule is CC(C)N(Cc1ccc(F)c(Cl)c1)C(C)(C)C. The molecule has 0 atom stereocenters. The molecule has 0 aliphatic rings. The number of halogens is 2. The Morgan fingerprint density at radius 3 is 2.29 bits per heavy atom. The summed E-state index contributed by atoms with van der Waals surface area (Å²) in [5.74, 6) is -0.359. The van der Waals surface area contributed by atoms with Gasteiger partial charge in [-0.15, -0.1) is 0 Å². The average molecular weight is 258 g/mol. The molecule has 0 N–H and O–H groups in total. The zero-order valence-electron chi connectivity index (χ0n) is 11.2. The second-order valence-corrected chi connectivity index (χ2v) is 6.05. The van der Waals surface area contributed by atoms with Gasteiger partial charge in [-0.1, -0.05) is 17.7 Å². The van der Waals surface area contributed by atoms with Gasteiger partial charge in [-0.05, 0) is 52.3 Å². The monoisotopic (exact) mass is 257 g/mol. The normalized spacial score (nSPS) is 12.5. The van der Waals surface area contributed by atoms with Crippen LogP contribution >= 0.6 is 11.6 Å². The standard InChI is InChI=1S/C14H21ClFN/c1-10(2)17(14(3,4)5)9-11-6-7-13(16)12(15)8-11/h6-8,10H,9H2,1-5H3. The van der Waals surface area contributed by atoms with Crippen LogP contribution in [0.25, 0.3) is 0 Å². The zero-order valence-corrected chi connectivity index (χ0v) is 12.0. The molecular weight excluding hydrogens is 237 g/mol. The molecule has 1 rings (SSSR count). The van der Waals surface area contributed by atoms with Crippen LogP contribution in [0, 0.1) is 5.82 Å². The molecule has 0 heterocycles. The van der Waals surface area contributed by atoms with E-state index in [9.17, 15) is 4.39 Å². The fourth-order valence-corrected chi connectivity index (χ4v) is 2.23. The summed E-state index contributed by atoms with van der Waals surface area (Å²) in [7, 11) is 0. The Bertz CT molecular complexity index is 382. The Hall–Kier alpha value is -0.600. The Kier molecular flexibility index (Phi) is 4.56. The second kappa shape index (κ2) is 5.36. The predicted molar refractivity (Wildman–Crippen MR) is 71.8 cm³/mol. The van der Waals surface area contributed by atoms with Crippen molar-refractivity contribution in [3.8, 4) is 0 Å². The van der Waals surface area contributed by atoms with Gasteiger partial charge in [0.25, 0.3) is 0 Å². The first kappa shape index (κ1) is 14.5. The smallest absolute Gasteiger partial charge is 0.141 e. The van der Waals surface area contributed by atoms with E-state index >= 15 is 0 Å². The van der Waals surface area contributed by atoms with Gasteiger partial charge in [0.2, 0.25) is 0 Å². The van der Waals surface area contributed by atoms with E-state index in [0.29, 0.717) is 6.04 Å². The van der Waals surface area contributed by atoms with Crippen LogP contribution in [0.1, 0.15) is 40.2 Å². The van der Waals surface area contributed by atoms with Crippen molar-refractivity contribution in [3.63, 3.8) is 0 Å². The maximum atomic E-state index is 13.1. The van der Waals surface area contributed by atoms with Crippen molar-refractivity contribution < 1.29 is 4.39 Å². The molecule has 0 spiro atoms. The highest BCUT2D eigenvalue weighted by molar-refractivity contribution is 6.30. The number of hydrogen-bond donors (Lipinski definition) is 0. The minimum Gasteiger partial charge on any atom is -0.292 e. The van der Waals surface area contributed by atoms with Crippen molar-refractivity contribution in [1.29, 1.82) is 0 Å². The molecule has 0 unspecified atom stereocenters.